The van der Waals surface area contributed by atoms with Crippen LogP contribution in [-0.2, 0) is 6.54 Å². The fourth-order valence-corrected chi connectivity index (χ4v) is 2.36. The van der Waals surface area contributed by atoms with Crippen LogP contribution in [0.4, 0.5) is 0 Å². The van der Waals surface area contributed by atoms with Gasteiger partial charge in [-0.05, 0) is 6.42 Å². The van der Waals surface area contributed by atoms with Gasteiger partial charge in [-0.2, -0.15) is 0 Å². The topological polar surface area (TPSA) is 45.1 Å². The summed E-state index contributed by atoms with van der Waals surface area (Å²) < 4.78 is 0. The Morgan fingerprint density at radius 2 is 2.25 bits per heavy atom. The van der Waals surface area contributed by atoms with Crippen LogP contribution < -0.4 is 5.32 Å². The summed E-state index contributed by atoms with van der Waals surface area (Å²) in [4.78, 5) is 5.61. The maximum Gasteiger partial charge on any atom is 0.0953 e. The van der Waals surface area contributed by atoms with Crippen molar-refractivity contribution in [3.05, 3.63) is 16.1 Å². The first-order valence-electron chi connectivity index (χ1n) is 5.96. The Morgan fingerprint density at radius 3 is 2.81 bits per heavy atom. The summed E-state index contributed by atoms with van der Waals surface area (Å²) in [5.41, 5.74) is 0. The van der Waals surface area contributed by atoms with Crippen molar-refractivity contribution in [3.8, 4) is 0 Å². The number of rotatable bonds is 7. The van der Waals surface area contributed by atoms with Crippen LogP contribution in [0.1, 0.15) is 49.4 Å². The molecule has 0 amide bonds. The van der Waals surface area contributed by atoms with Crippen LogP contribution in [-0.4, -0.2) is 22.7 Å². The van der Waals surface area contributed by atoms with Gasteiger partial charge >= 0.3 is 0 Å². The molecular weight excluding hydrogens is 220 g/mol. The zero-order chi connectivity index (χ0) is 12.0. The van der Waals surface area contributed by atoms with E-state index < -0.39 is 0 Å². The van der Waals surface area contributed by atoms with Crippen molar-refractivity contribution < 1.29 is 5.11 Å². The van der Waals surface area contributed by atoms with Gasteiger partial charge in [-0.3, -0.25) is 0 Å². The third-order valence-corrected chi connectivity index (χ3v) is 3.66. The summed E-state index contributed by atoms with van der Waals surface area (Å²) in [6, 6.07) is 0. The molecule has 3 nitrogen and oxygen atoms in total. The van der Waals surface area contributed by atoms with E-state index in [0.29, 0.717) is 12.5 Å². The molecular formula is C12H22N2OS. The smallest absolute Gasteiger partial charge is 0.0953 e. The van der Waals surface area contributed by atoms with Crippen molar-refractivity contribution in [1.82, 2.24) is 10.3 Å². The van der Waals surface area contributed by atoms with E-state index >= 15 is 0 Å². The van der Waals surface area contributed by atoms with Crippen molar-refractivity contribution >= 4 is 11.3 Å². The van der Waals surface area contributed by atoms with E-state index in [1.807, 2.05) is 6.20 Å². The first kappa shape index (κ1) is 13.6. The average molecular weight is 242 g/mol. The number of hydrogen-bond acceptors (Lipinski definition) is 4. The lowest BCUT2D eigenvalue weighted by atomic mass is 10.2. The first-order chi connectivity index (χ1) is 7.63. The molecule has 1 aromatic heterocycles. The molecule has 0 spiro atoms. The highest BCUT2D eigenvalue weighted by Crippen LogP contribution is 2.20. The van der Waals surface area contributed by atoms with Crippen molar-refractivity contribution in [2.75, 3.05) is 6.54 Å². The van der Waals surface area contributed by atoms with Gasteiger partial charge in [0.05, 0.1) is 11.1 Å². The Labute approximate surface area is 102 Å². The molecule has 0 aliphatic rings. The fraction of sp³-hybridized carbons (Fsp3) is 0.750. The van der Waals surface area contributed by atoms with Gasteiger partial charge in [-0.25, -0.2) is 4.98 Å². The molecule has 0 saturated heterocycles. The number of thiazole rings is 1. The molecule has 0 aromatic carbocycles. The van der Waals surface area contributed by atoms with Crippen LogP contribution in [0.25, 0.3) is 0 Å². The van der Waals surface area contributed by atoms with E-state index in [0.717, 1.165) is 19.4 Å². The molecule has 16 heavy (non-hydrogen) atoms. The van der Waals surface area contributed by atoms with Crippen LogP contribution in [0.3, 0.4) is 0 Å². The Hall–Kier alpha value is -0.450. The third kappa shape index (κ3) is 4.60. The largest absolute Gasteiger partial charge is 0.392 e. The highest BCUT2D eigenvalue weighted by molar-refractivity contribution is 7.11. The van der Waals surface area contributed by atoms with Crippen LogP contribution in [0, 0.1) is 0 Å². The second-order valence-electron chi connectivity index (χ2n) is 4.39. The fourth-order valence-electron chi connectivity index (χ4n) is 1.47. The lowest BCUT2D eigenvalue weighted by molar-refractivity contribution is 0.160. The monoisotopic (exact) mass is 242 g/mol. The molecule has 0 saturated carbocycles. The minimum atomic E-state index is -0.220. The normalized spacial score (nSPS) is 13.3. The van der Waals surface area contributed by atoms with Gasteiger partial charge in [0, 0.05) is 30.1 Å². The average Bonchev–Trinajstić information content (AvgIpc) is 2.67. The lowest BCUT2D eigenvalue weighted by Crippen LogP contribution is -2.25. The van der Waals surface area contributed by atoms with Gasteiger partial charge in [-0.1, -0.05) is 27.2 Å². The Kier molecular flexibility index (Phi) is 5.95. The predicted molar refractivity (Wildman–Crippen MR) is 68.8 cm³/mol. The van der Waals surface area contributed by atoms with E-state index in [1.165, 1.54) is 9.88 Å². The minimum absolute atomic E-state index is 0.220. The van der Waals surface area contributed by atoms with E-state index in [-0.39, 0.29) is 6.10 Å². The van der Waals surface area contributed by atoms with Crippen molar-refractivity contribution in [3.63, 3.8) is 0 Å². The van der Waals surface area contributed by atoms with Gasteiger partial charge < -0.3 is 10.4 Å². The third-order valence-electron chi connectivity index (χ3n) is 2.37. The standard InChI is InChI=1S/C12H22N2OS/c1-4-5-10(15)6-13-7-11-8-14-12(16-11)9(2)3/h8-10,13,15H,4-7H2,1-3H3. The SMILES string of the molecule is CCCC(O)CNCc1cnc(C(C)C)s1. The van der Waals surface area contributed by atoms with E-state index in [2.05, 4.69) is 31.1 Å². The molecule has 1 aromatic rings. The van der Waals surface area contributed by atoms with Crippen LogP contribution in [0.15, 0.2) is 6.20 Å². The Balaban J connectivity index is 2.26. The number of aliphatic hydroxyl groups excluding tert-OH is 1. The number of aliphatic hydroxyl groups is 1. The minimum Gasteiger partial charge on any atom is -0.392 e. The van der Waals surface area contributed by atoms with Crippen LogP contribution in [0.2, 0.25) is 0 Å². The summed E-state index contributed by atoms with van der Waals surface area (Å²) in [6.07, 6.45) is 3.61. The van der Waals surface area contributed by atoms with Crippen LogP contribution in [0.5, 0.6) is 0 Å². The molecule has 0 fully saturated rings. The van der Waals surface area contributed by atoms with Gasteiger partial charge in [0.2, 0.25) is 0 Å². The Bertz CT molecular complexity index is 299. The summed E-state index contributed by atoms with van der Waals surface area (Å²) in [5.74, 6) is 0.504. The molecule has 0 radical (unpaired) electrons. The molecule has 0 aliphatic heterocycles. The summed E-state index contributed by atoms with van der Waals surface area (Å²) in [5, 5.41) is 14.0. The van der Waals surface area contributed by atoms with Gasteiger partial charge in [0.25, 0.3) is 0 Å². The van der Waals surface area contributed by atoms with Gasteiger partial charge in [0.15, 0.2) is 0 Å². The molecule has 92 valence electrons. The zero-order valence-corrected chi connectivity index (χ0v) is 11.2. The van der Waals surface area contributed by atoms with E-state index in [1.54, 1.807) is 11.3 Å². The number of hydrogen-bond donors (Lipinski definition) is 2. The number of nitrogens with zero attached hydrogens (tertiary/aromatic N) is 1. The number of nitrogens with one attached hydrogen (secondary N) is 1. The lowest BCUT2D eigenvalue weighted by Gasteiger charge is -2.09. The van der Waals surface area contributed by atoms with Crippen LogP contribution >= 0.6 is 11.3 Å². The molecule has 4 heteroatoms. The quantitative estimate of drug-likeness (QED) is 0.772. The van der Waals surface area contributed by atoms with Crippen molar-refractivity contribution in [2.24, 2.45) is 0 Å². The second-order valence-corrected chi connectivity index (χ2v) is 5.54. The molecule has 0 bridgehead atoms. The molecule has 1 unspecified atom stereocenters. The summed E-state index contributed by atoms with van der Waals surface area (Å²) >= 11 is 1.75. The van der Waals surface area contributed by atoms with Gasteiger partial charge in [-0.15, -0.1) is 11.3 Å². The Morgan fingerprint density at radius 1 is 1.50 bits per heavy atom. The zero-order valence-electron chi connectivity index (χ0n) is 10.4. The molecule has 0 aliphatic carbocycles. The van der Waals surface area contributed by atoms with Crippen molar-refractivity contribution in [2.45, 2.75) is 52.2 Å². The summed E-state index contributed by atoms with van der Waals surface area (Å²) in [7, 11) is 0. The maximum absolute atomic E-state index is 9.55. The molecule has 1 rings (SSSR count). The molecule has 1 heterocycles. The summed E-state index contributed by atoms with van der Waals surface area (Å²) in [6.45, 7) is 7.87. The van der Waals surface area contributed by atoms with Crippen molar-refractivity contribution in [1.29, 1.82) is 0 Å². The highest BCUT2D eigenvalue weighted by atomic mass is 32.1. The first-order valence-corrected chi connectivity index (χ1v) is 6.78. The van der Waals surface area contributed by atoms with E-state index in [4.69, 9.17) is 0 Å². The highest BCUT2D eigenvalue weighted by Gasteiger charge is 2.06. The second kappa shape index (κ2) is 6.99. The predicted octanol–water partition coefficient (Wildman–Crippen LogP) is 2.52. The maximum atomic E-state index is 9.55. The molecule has 2 N–H and O–H groups in total. The number of aromatic nitrogens is 1. The van der Waals surface area contributed by atoms with Gasteiger partial charge in [0.1, 0.15) is 0 Å². The molecule has 1 atom stereocenters. The van der Waals surface area contributed by atoms with E-state index in [9.17, 15) is 5.11 Å².